The first-order valence-corrected chi connectivity index (χ1v) is 4.04. The molecule has 0 rings (SSSR count). The second-order valence-corrected chi connectivity index (χ2v) is 3.35. The second kappa shape index (κ2) is 4.45. The average Bonchev–Trinajstić information content (AvgIpc) is 1.65. The molecule has 0 radical (unpaired) electrons. The summed E-state index contributed by atoms with van der Waals surface area (Å²) in [6, 6.07) is 0. The van der Waals surface area contributed by atoms with Gasteiger partial charge in [0.25, 0.3) is 0 Å². The van der Waals surface area contributed by atoms with Crippen LogP contribution in [-0.4, -0.2) is 5.25 Å². The van der Waals surface area contributed by atoms with Crippen molar-refractivity contribution in [2.45, 2.75) is 25.5 Å². The Bertz CT molecular complexity index is 86.5. The maximum atomic E-state index is 4.23. The smallest absolute Gasteiger partial charge is 0.00258 e. The standard InChI is InChI=1S/C6H11BrS/c1-5(4-7)3-6(2)8/h4,6,8H,3H2,1-2H3. The first kappa shape index (κ1) is 8.57. The van der Waals surface area contributed by atoms with Gasteiger partial charge in [0.1, 0.15) is 0 Å². The van der Waals surface area contributed by atoms with Crippen molar-refractivity contribution in [3.63, 3.8) is 0 Å². The third-order valence-corrected chi connectivity index (χ3v) is 1.77. The summed E-state index contributed by atoms with van der Waals surface area (Å²) >= 11 is 7.48. The predicted octanol–water partition coefficient (Wildman–Crippen LogP) is 2.99. The lowest BCUT2D eigenvalue weighted by molar-refractivity contribution is 0.936. The van der Waals surface area contributed by atoms with Crippen molar-refractivity contribution >= 4 is 28.6 Å². The van der Waals surface area contributed by atoms with E-state index in [0.717, 1.165) is 6.42 Å². The van der Waals surface area contributed by atoms with Crippen LogP contribution in [0.2, 0.25) is 0 Å². The molecule has 0 aromatic heterocycles. The summed E-state index contributed by atoms with van der Waals surface area (Å²) in [4.78, 5) is 1.94. The molecule has 0 aromatic carbocycles. The van der Waals surface area contributed by atoms with E-state index in [1.165, 1.54) is 5.57 Å². The van der Waals surface area contributed by atoms with Crippen LogP contribution in [0, 0.1) is 0 Å². The Kier molecular flexibility index (Phi) is 4.77. The lowest BCUT2D eigenvalue weighted by Crippen LogP contribution is -1.89. The number of halogens is 1. The minimum Gasteiger partial charge on any atom is -0.176 e. The molecular weight excluding hydrogens is 184 g/mol. The lowest BCUT2D eigenvalue weighted by Gasteiger charge is -2.00. The van der Waals surface area contributed by atoms with E-state index >= 15 is 0 Å². The maximum Gasteiger partial charge on any atom is 0.00258 e. The van der Waals surface area contributed by atoms with Gasteiger partial charge in [0.2, 0.25) is 0 Å². The molecule has 0 spiro atoms. The topological polar surface area (TPSA) is 0 Å². The molecule has 0 bridgehead atoms. The van der Waals surface area contributed by atoms with E-state index in [2.05, 4.69) is 42.4 Å². The van der Waals surface area contributed by atoms with E-state index in [0.29, 0.717) is 5.25 Å². The van der Waals surface area contributed by atoms with E-state index in [-0.39, 0.29) is 0 Å². The zero-order valence-electron chi connectivity index (χ0n) is 5.19. The van der Waals surface area contributed by atoms with Crippen LogP contribution in [0.4, 0.5) is 0 Å². The molecule has 0 amide bonds. The molecule has 0 aromatic rings. The van der Waals surface area contributed by atoms with Gasteiger partial charge in [-0.3, -0.25) is 0 Å². The second-order valence-electron chi connectivity index (χ2n) is 2.01. The minimum atomic E-state index is 0.476. The lowest BCUT2D eigenvalue weighted by atomic mass is 10.2. The highest BCUT2D eigenvalue weighted by molar-refractivity contribution is 9.11. The number of thiol groups is 1. The Balaban J connectivity index is 3.39. The molecule has 1 atom stereocenters. The molecule has 0 nitrogen and oxygen atoms in total. The third-order valence-electron chi connectivity index (χ3n) is 0.804. The van der Waals surface area contributed by atoms with Crippen LogP contribution in [-0.2, 0) is 0 Å². The van der Waals surface area contributed by atoms with E-state index in [9.17, 15) is 0 Å². The fourth-order valence-electron chi connectivity index (χ4n) is 0.511. The molecule has 0 heterocycles. The molecule has 0 saturated heterocycles. The Morgan fingerprint density at radius 1 is 1.88 bits per heavy atom. The first-order valence-electron chi connectivity index (χ1n) is 2.60. The SMILES string of the molecule is CC(=CBr)CC(C)S. The molecule has 2 heteroatoms. The Morgan fingerprint density at radius 2 is 2.38 bits per heavy atom. The molecule has 0 N–H and O–H groups in total. The van der Waals surface area contributed by atoms with Gasteiger partial charge in [-0.05, 0) is 18.3 Å². The van der Waals surface area contributed by atoms with Gasteiger partial charge >= 0.3 is 0 Å². The first-order chi connectivity index (χ1) is 3.66. The Labute approximate surface area is 64.9 Å². The molecule has 0 saturated carbocycles. The summed E-state index contributed by atoms with van der Waals surface area (Å²) in [7, 11) is 0. The van der Waals surface area contributed by atoms with Gasteiger partial charge in [-0.25, -0.2) is 0 Å². The van der Waals surface area contributed by atoms with Gasteiger partial charge in [0, 0.05) is 5.25 Å². The number of rotatable bonds is 2. The third kappa shape index (κ3) is 4.72. The number of hydrogen-bond acceptors (Lipinski definition) is 1. The molecule has 0 aliphatic rings. The molecule has 0 fully saturated rings. The quantitative estimate of drug-likeness (QED) is 0.643. The van der Waals surface area contributed by atoms with Crippen LogP contribution < -0.4 is 0 Å². The van der Waals surface area contributed by atoms with Gasteiger partial charge in [-0.15, -0.1) is 0 Å². The molecule has 0 aliphatic heterocycles. The van der Waals surface area contributed by atoms with Crippen molar-refractivity contribution in [1.29, 1.82) is 0 Å². The highest BCUT2D eigenvalue weighted by Gasteiger charge is 1.93. The minimum absolute atomic E-state index is 0.476. The summed E-state index contributed by atoms with van der Waals surface area (Å²) in [5.41, 5.74) is 1.34. The summed E-state index contributed by atoms with van der Waals surface area (Å²) in [5.74, 6) is 0. The van der Waals surface area contributed by atoms with Crippen LogP contribution in [0.5, 0.6) is 0 Å². The monoisotopic (exact) mass is 194 g/mol. The van der Waals surface area contributed by atoms with Gasteiger partial charge in [-0.2, -0.15) is 12.6 Å². The molecule has 8 heavy (non-hydrogen) atoms. The van der Waals surface area contributed by atoms with Gasteiger partial charge in [0.15, 0.2) is 0 Å². The molecular formula is C6H11BrS. The average molecular weight is 195 g/mol. The van der Waals surface area contributed by atoms with Crippen molar-refractivity contribution in [2.75, 3.05) is 0 Å². The summed E-state index contributed by atoms with van der Waals surface area (Å²) in [6.07, 6.45) is 1.06. The van der Waals surface area contributed by atoms with Crippen LogP contribution in [0.1, 0.15) is 20.3 Å². The zero-order valence-corrected chi connectivity index (χ0v) is 7.67. The fourth-order valence-corrected chi connectivity index (χ4v) is 0.985. The van der Waals surface area contributed by atoms with E-state index in [4.69, 9.17) is 0 Å². The molecule has 48 valence electrons. The summed E-state index contributed by atoms with van der Waals surface area (Å²) in [6.45, 7) is 4.17. The van der Waals surface area contributed by atoms with Crippen molar-refractivity contribution in [3.05, 3.63) is 10.6 Å². The predicted molar refractivity (Wildman–Crippen MR) is 45.7 cm³/mol. The number of hydrogen-bond donors (Lipinski definition) is 1. The highest BCUT2D eigenvalue weighted by Crippen LogP contribution is 2.09. The summed E-state index contributed by atoms with van der Waals surface area (Å²) < 4.78 is 0. The van der Waals surface area contributed by atoms with Gasteiger partial charge in [0.05, 0.1) is 0 Å². The molecule has 0 aliphatic carbocycles. The van der Waals surface area contributed by atoms with Crippen molar-refractivity contribution < 1.29 is 0 Å². The van der Waals surface area contributed by atoms with Crippen molar-refractivity contribution in [3.8, 4) is 0 Å². The Morgan fingerprint density at radius 3 is 2.50 bits per heavy atom. The Hall–Kier alpha value is 0.570. The van der Waals surface area contributed by atoms with Gasteiger partial charge < -0.3 is 0 Å². The van der Waals surface area contributed by atoms with Crippen LogP contribution in [0.3, 0.4) is 0 Å². The highest BCUT2D eigenvalue weighted by atomic mass is 79.9. The van der Waals surface area contributed by atoms with E-state index in [1.54, 1.807) is 0 Å². The fraction of sp³-hybridized carbons (Fsp3) is 0.667. The normalized spacial score (nSPS) is 16.2. The van der Waals surface area contributed by atoms with Crippen LogP contribution in [0.15, 0.2) is 10.6 Å². The van der Waals surface area contributed by atoms with Crippen molar-refractivity contribution in [2.24, 2.45) is 0 Å². The van der Waals surface area contributed by atoms with E-state index in [1.807, 2.05) is 4.99 Å². The van der Waals surface area contributed by atoms with Crippen LogP contribution in [0.25, 0.3) is 0 Å². The number of allylic oxidation sites excluding steroid dienone is 1. The van der Waals surface area contributed by atoms with Gasteiger partial charge in [-0.1, -0.05) is 28.4 Å². The summed E-state index contributed by atoms with van der Waals surface area (Å²) in [5, 5.41) is 0.476. The van der Waals surface area contributed by atoms with Crippen LogP contribution >= 0.6 is 28.6 Å². The maximum absolute atomic E-state index is 4.23. The van der Waals surface area contributed by atoms with Crippen molar-refractivity contribution in [1.82, 2.24) is 0 Å². The zero-order chi connectivity index (χ0) is 6.57. The molecule has 1 unspecified atom stereocenters. The largest absolute Gasteiger partial charge is 0.176 e. The van der Waals surface area contributed by atoms with E-state index < -0.39 is 0 Å².